The van der Waals surface area contributed by atoms with Crippen molar-refractivity contribution >= 4 is 5.91 Å². The van der Waals surface area contributed by atoms with Crippen LogP contribution < -0.4 is 0 Å². The normalized spacial score (nSPS) is 16.7. The van der Waals surface area contributed by atoms with E-state index in [1.54, 1.807) is 10.9 Å². The highest BCUT2D eigenvalue weighted by Gasteiger charge is 2.28. The molecule has 2 aromatic heterocycles. The monoisotopic (exact) mass is 402 g/mol. The van der Waals surface area contributed by atoms with Gasteiger partial charge in [0, 0.05) is 43.1 Å². The molecule has 0 bridgehead atoms. The van der Waals surface area contributed by atoms with Crippen molar-refractivity contribution in [1.29, 1.82) is 0 Å². The van der Waals surface area contributed by atoms with Gasteiger partial charge in [-0.1, -0.05) is 29.8 Å². The summed E-state index contributed by atoms with van der Waals surface area (Å²) in [5.41, 5.74) is 7.66. The van der Waals surface area contributed by atoms with Crippen LogP contribution in [0.4, 0.5) is 0 Å². The summed E-state index contributed by atoms with van der Waals surface area (Å²) < 4.78 is 1.76. The summed E-state index contributed by atoms with van der Waals surface area (Å²) in [6, 6.07) is 13.1. The Balaban J connectivity index is 1.54. The number of carbonyl (C=O) groups excluding carboxylic acids is 1. The third kappa shape index (κ3) is 4.30. The zero-order valence-electron chi connectivity index (χ0n) is 18.4. The number of hydrogen-bond acceptors (Lipinski definition) is 3. The van der Waals surface area contributed by atoms with Gasteiger partial charge in [-0.3, -0.25) is 14.5 Å². The van der Waals surface area contributed by atoms with Gasteiger partial charge in [0.1, 0.15) is 0 Å². The smallest absolute Gasteiger partial charge is 0.257 e. The van der Waals surface area contributed by atoms with Crippen LogP contribution in [0.5, 0.6) is 0 Å². The van der Waals surface area contributed by atoms with Crippen molar-refractivity contribution in [3.8, 4) is 0 Å². The van der Waals surface area contributed by atoms with Crippen molar-refractivity contribution < 1.29 is 4.79 Å². The van der Waals surface area contributed by atoms with Crippen LogP contribution in [0.1, 0.15) is 62.9 Å². The number of hydrogen-bond donors (Lipinski definition) is 0. The first-order valence-corrected chi connectivity index (χ1v) is 10.7. The second-order valence-corrected chi connectivity index (χ2v) is 8.57. The van der Waals surface area contributed by atoms with E-state index in [0.717, 1.165) is 42.9 Å². The summed E-state index contributed by atoms with van der Waals surface area (Å²) in [4.78, 5) is 19.9. The van der Waals surface area contributed by atoms with Gasteiger partial charge in [-0.05, 0) is 63.3 Å². The second-order valence-electron chi connectivity index (χ2n) is 8.57. The van der Waals surface area contributed by atoms with Crippen LogP contribution in [-0.4, -0.2) is 38.7 Å². The summed E-state index contributed by atoms with van der Waals surface area (Å²) in [7, 11) is 1.87. The topological polar surface area (TPSA) is 51.0 Å². The molecule has 0 saturated carbocycles. The lowest BCUT2D eigenvalue weighted by atomic mass is 9.92. The largest absolute Gasteiger partial charge is 0.338 e. The number of rotatable bonds is 4. The lowest BCUT2D eigenvalue weighted by Gasteiger charge is -2.32. The number of aromatic nitrogens is 3. The second kappa shape index (κ2) is 8.42. The fourth-order valence-corrected chi connectivity index (χ4v) is 4.42. The average Bonchev–Trinajstić information content (AvgIpc) is 3.06. The zero-order valence-corrected chi connectivity index (χ0v) is 18.4. The highest BCUT2D eigenvalue weighted by atomic mass is 16.2. The highest BCUT2D eigenvalue weighted by Crippen LogP contribution is 2.28. The number of aryl methyl sites for hydroxylation is 3. The van der Waals surface area contributed by atoms with Crippen molar-refractivity contribution in [1.82, 2.24) is 19.7 Å². The summed E-state index contributed by atoms with van der Waals surface area (Å²) in [6.45, 7) is 7.65. The molecule has 0 spiro atoms. The Morgan fingerprint density at radius 3 is 2.70 bits per heavy atom. The SMILES string of the molecule is Cc1cccc(Cc2cc(C)nc([C@@H]3CCCN(C(=O)c4cnn(C)c4C)C3)c2)c1. The number of nitrogens with zero attached hydrogens (tertiary/aromatic N) is 4. The molecular weight excluding hydrogens is 372 g/mol. The molecule has 5 nitrogen and oxygen atoms in total. The lowest BCUT2D eigenvalue weighted by Crippen LogP contribution is -2.39. The van der Waals surface area contributed by atoms with E-state index in [1.807, 2.05) is 18.9 Å². The van der Waals surface area contributed by atoms with Gasteiger partial charge < -0.3 is 4.90 Å². The maximum absolute atomic E-state index is 13.1. The molecule has 5 heteroatoms. The van der Waals surface area contributed by atoms with E-state index in [4.69, 9.17) is 4.98 Å². The van der Waals surface area contributed by atoms with E-state index in [9.17, 15) is 4.79 Å². The van der Waals surface area contributed by atoms with Crippen LogP contribution >= 0.6 is 0 Å². The molecule has 1 saturated heterocycles. The number of amides is 1. The Hall–Kier alpha value is -2.95. The fraction of sp³-hybridized carbons (Fsp3) is 0.400. The van der Waals surface area contributed by atoms with Crippen LogP contribution in [-0.2, 0) is 13.5 Å². The first-order valence-electron chi connectivity index (χ1n) is 10.7. The third-order valence-electron chi connectivity index (χ3n) is 6.12. The zero-order chi connectivity index (χ0) is 21.3. The van der Waals surface area contributed by atoms with E-state index in [1.165, 1.54) is 16.7 Å². The van der Waals surface area contributed by atoms with Crippen molar-refractivity contribution in [3.63, 3.8) is 0 Å². The number of likely N-dealkylation sites (tertiary alicyclic amines) is 1. The van der Waals surface area contributed by atoms with E-state index in [2.05, 4.69) is 55.3 Å². The molecular formula is C25H30N4O. The van der Waals surface area contributed by atoms with Gasteiger partial charge in [0.2, 0.25) is 0 Å². The van der Waals surface area contributed by atoms with Crippen LogP contribution in [0, 0.1) is 20.8 Å². The summed E-state index contributed by atoms with van der Waals surface area (Å²) >= 11 is 0. The average molecular weight is 403 g/mol. The highest BCUT2D eigenvalue weighted by molar-refractivity contribution is 5.95. The Kier molecular flexibility index (Phi) is 5.71. The molecule has 30 heavy (non-hydrogen) atoms. The molecule has 1 fully saturated rings. The molecule has 1 amide bonds. The van der Waals surface area contributed by atoms with Crippen molar-refractivity contribution in [3.05, 3.63) is 81.9 Å². The number of pyridine rings is 1. The Bertz CT molecular complexity index is 1070. The quantitative estimate of drug-likeness (QED) is 0.652. The van der Waals surface area contributed by atoms with Crippen molar-refractivity contribution in [2.24, 2.45) is 7.05 Å². The van der Waals surface area contributed by atoms with E-state index in [-0.39, 0.29) is 11.8 Å². The van der Waals surface area contributed by atoms with Gasteiger partial charge in [0.25, 0.3) is 5.91 Å². The maximum Gasteiger partial charge on any atom is 0.257 e. The van der Waals surface area contributed by atoms with Gasteiger partial charge in [-0.15, -0.1) is 0 Å². The summed E-state index contributed by atoms with van der Waals surface area (Å²) in [5.74, 6) is 0.355. The molecule has 1 atom stereocenters. The molecule has 1 aliphatic rings. The summed E-state index contributed by atoms with van der Waals surface area (Å²) in [6.07, 6.45) is 4.66. The van der Waals surface area contributed by atoms with Crippen LogP contribution in [0.25, 0.3) is 0 Å². The fourth-order valence-electron chi connectivity index (χ4n) is 4.42. The number of piperidine rings is 1. The maximum atomic E-state index is 13.1. The first-order chi connectivity index (χ1) is 14.4. The first kappa shape index (κ1) is 20.3. The van der Waals surface area contributed by atoms with E-state index >= 15 is 0 Å². The van der Waals surface area contributed by atoms with Gasteiger partial charge in [0.15, 0.2) is 0 Å². The van der Waals surface area contributed by atoms with Crippen molar-refractivity contribution in [2.45, 2.75) is 46.0 Å². The number of carbonyl (C=O) groups is 1. The Labute approximate surface area is 178 Å². The van der Waals surface area contributed by atoms with Crippen LogP contribution in [0.15, 0.2) is 42.6 Å². The van der Waals surface area contributed by atoms with Gasteiger partial charge >= 0.3 is 0 Å². The van der Waals surface area contributed by atoms with Gasteiger partial charge in [-0.25, -0.2) is 0 Å². The van der Waals surface area contributed by atoms with Gasteiger partial charge in [0.05, 0.1) is 11.8 Å². The Morgan fingerprint density at radius 2 is 1.97 bits per heavy atom. The molecule has 0 unspecified atom stereocenters. The molecule has 1 aromatic carbocycles. The Morgan fingerprint density at radius 1 is 1.13 bits per heavy atom. The minimum absolute atomic E-state index is 0.0814. The van der Waals surface area contributed by atoms with Crippen LogP contribution in [0.2, 0.25) is 0 Å². The predicted octanol–water partition coefficient (Wildman–Crippen LogP) is 4.35. The molecule has 1 aliphatic heterocycles. The van der Waals surface area contributed by atoms with Crippen LogP contribution in [0.3, 0.4) is 0 Å². The number of benzene rings is 1. The molecule has 0 radical (unpaired) electrons. The van der Waals surface area contributed by atoms with E-state index in [0.29, 0.717) is 12.1 Å². The molecule has 4 rings (SSSR count). The predicted molar refractivity (Wildman–Crippen MR) is 119 cm³/mol. The van der Waals surface area contributed by atoms with E-state index < -0.39 is 0 Å². The van der Waals surface area contributed by atoms with Crippen molar-refractivity contribution in [2.75, 3.05) is 13.1 Å². The molecule has 0 N–H and O–H groups in total. The minimum atomic E-state index is 0.0814. The minimum Gasteiger partial charge on any atom is -0.338 e. The molecule has 156 valence electrons. The molecule has 3 heterocycles. The molecule has 3 aromatic rings. The van der Waals surface area contributed by atoms with Gasteiger partial charge in [-0.2, -0.15) is 5.10 Å². The lowest BCUT2D eigenvalue weighted by molar-refractivity contribution is 0.0705. The summed E-state index contributed by atoms with van der Waals surface area (Å²) in [5, 5.41) is 4.24. The molecule has 0 aliphatic carbocycles. The standard InChI is InChI=1S/C25H30N4O/c1-17-7-5-8-20(11-17)13-21-12-18(2)27-24(14-21)22-9-6-10-29(16-22)25(30)23-15-26-28(4)19(23)3/h5,7-8,11-12,14-15,22H,6,9-10,13,16H2,1-4H3/t22-/m1/s1. The third-order valence-corrected chi connectivity index (χ3v) is 6.12.